The molecule has 1 fully saturated rings. The molecule has 3 nitrogen and oxygen atoms in total. The maximum Gasteiger partial charge on any atom is 0.139 e. The number of ether oxygens (including phenoxy) is 1. The Labute approximate surface area is 88.6 Å². The summed E-state index contributed by atoms with van der Waals surface area (Å²) in [5.41, 5.74) is 1.10. The summed E-state index contributed by atoms with van der Waals surface area (Å²) in [6.45, 7) is 0.660. The molecule has 1 aromatic carbocycles. The van der Waals surface area contributed by atoms with Crippen LogP contribution in [0.1, 0.15) is 11.8 Å². The van der Waals surface area contributed by atoms with Crippen LogP contribution in [0.4, 0.5) is 0 Å². The van der Waals surface area contributed by atoms with Crippen LogP contribution < -0.4 is 0 Å². The van der Waals surface area contributed by atoms with Gasteiger partial charge in [-0.05, 0) is 11.6 Å². The molecule has 0 aliphatic carbocycles. The molecule has 1 saturated heterocycles. The van der Waals surface area contributed by atoms with Crippen LogP contribution in [0, 0.1) is 0 Å². The van der Waals surface area contributed by atoms with E-state index in [1.807, 2.05) is 47.4 Å². The second kappa shape index (κ2) is 3.45. The van der Waals surface area contributed by atoms with Crippen molar-refractivity contribution in [3.63, 3.8) is 0 Å². The normalized spacial score (nSPS) is 34.6. The van der Waals surface area contributed by atoms with Crippen LogP contribution in [-0.2, 0) is 4.74 Å². The second-order valence-electron chi connectivity index (χ2n) is 3.91. The van der Waals surface area contributed by atoms with Gasteiger partial charge in [0, 0.05) is 0 Å². The average Bonchev–Trinajstić information content (AvgIpc) is 2.84. The first-order valence-corrected chi connectivity index (χ1v) is 5.16. The quantitative estimate of drug-likeness (QED) is 0.698. The van der Waals surface area contributed by atoms with E-state index in [0.29, 0.717) is 6.61 Å². The summed E-state index contributed by atoms with van der Waals surface area (Å²) in [6, 6.07) is 10.2. The highest BCUT2D eigenvalue weighted by atomic mass is 16.5. The Morgan fingerprint density at radius 3 is 2.80 bits per heavy atom. The third-order valence-corrected chi connectivity index (χ3v) is 2.97. The van der Waals surface area contributed by atoms with Crippen LogP contribution in [0.5, 0.6) is 0 Å². The van der Waals surface area contributed by atoms with E-state index in [1.54, 1.807) is 0 Å². The Morgan fingerprint density at radius 1 is 1.20 bits per heavy atom. The van der Waals surface area contributed by atoms with Gasteiger partial charge in [0.25, 0.3) is 0 Å². The van der Waals surface area contributed by atoms with Crippen molar-refractivity contribution in [2.75, 3.05) is 6.61 Å². The SMILES string of the molecule is OC1C=CC2CO[C@@H](c3ccccc3)N12. The molecule has 0 saturated carbocycles. The summed E-state index contributed by atoms with van der Waals surface area (Å²) in [4.78, 5) is 1.98. The smallest absolute Gasteiger partial charge is 0.139 e. The third kappa shape index (κ3) is 1.40. The fraction of sp³-hybridized carbons (Fsp3) is 0.333. The lowest BCUT2D eigenvalue weighted by atomic mass is 10.2. The summed E-state index contributed by atoms with van der Waals surface area (Å²) >= 11 is 0. The molecular formula is C12H13NO2. The number of fused-ring (bicyclic) bond motifs is 1. The molecule has 78 valence electrons. The van der Waals surface area contributed by atoms with E-state index in [0.717, 1.165) is 5.56 Å². The molecule has 1 N–H and O–H groups in total. The standard InChI is InChI=1S/C12H13NO2/c14-11-7-6-10-8-15-12(13(10)11)9-4-2-1-3-5-9/h1-7,10-12,14H,8H2/t10?,11?,12-/m0/s1. The molecule has 0 aromatic heterocycles. The van der Waals surface area contributed by atoms with Gasteiger partial charge in [0.1, 0.15) is 12.5 Å². The molecule has 0 spiro atoms. The van der Waals surface area contributed by atoms with Crippen LogP contribution in [0.15, 0.2) is 42.5 Å². The van der Waals surface area contributed by atoms with Crippen molar-refractivity contribution < 1.29 is 9.84 Å². The highest BCUT2D eigenvalue weighted by Crippen LogP contribution is 2.35. The Bertz CT molecular complexity index is 376. The topological polar surface area (TPSA) is 32.7 Å². The lowest BCUT2D eigenvalue weighted by molar-refractivity contribution is -0.0430. The summed E-state index contributed by atoms with van der Waals surface area (Å²) in [6.07, 6.45) is 3.21. The van der Waals surface area contributed by atoms with Gasteiger partial charge in [-0.25, -0.2) is 4.90 Å². The van der Waals surface area contributed by atoms with Gasteiger partial charge in [-0.1, -0.05) is 36.4 Å². The number of hydrogen-bond acceptors (Lipinski definition) is 3. The summed E-state index contributed by atoms with van der Waals surface area (Å²) < 4.78 is 5.69. The minimum absolute atomic E-state index is 0.110. The summed E-state index contributed by atoms with van der Waals surface area (Å²) in [5, 5.41) is 9.79. The average molecular weight is 203 g/mol. The Hall–Kier alpha value is -1.16. The first-order chi connectivity index (χ1) is 7.36. The molecule has 2 unspecified atom stereocenters. The largest absolute Gasteiger partial charge is 0.375 e. The van der Waals surface area contributed by atoms with Crippen molar-refractivity contribution in [2.45, 2.75) is 18.5 Å². The minimum atomic E-state index is -0.511. The lowest BCUT2D eigenvalue weighted by Crippen LogP contribution is -2.34. The van der Waals surface area contributed by atoms with Crippen LogP contribution in [0.2, 0.25) is 0 Å². The molecule has 15 heavy (non-hydrogen) atoms. The second-order valence-corrected chi connectivity index (χ2v) is 3.91. The zero-order valence-electron chi connectivity index (χ0n) is 8.28. The van der Waals surface area contributed by atoms with Gasteiger partial charge in [-0.3, -0.25) is 0 Å². The Kier molecular flexibility index (Phi) is 2.09. The molecule has 2 heterocycles. The highest BCUT2D eigenvalue weighted by molar-refractivity contribution is 5.21. The third-order valence-electron chi connectivity index (χ3n) is 2.97. The zero-order valence-corrected chi connectivity index (χ0v) is 8.28. The van der Waals surface area contributed by atoms with Crippen molar-refractivity contribution >= 4 is 0 Å². The van der Waals surface area contributed by atoms with E-state index in [2.05, 4.69) is 0 Å². The van der Waals surface area contributed by atoms with Gasteiger partial charge >= 0.3 is 0 Å². The number of benzene rings is 1. The molecule has 0 bridgehead atoms. The fourth-order valence-electron chi connectivity index (χ4n) is 2.24. The van der Waals surface area contributed by atoms with Gasteiger partial charge < -0.3 is 9.84 Å². The van der Waals surface area contributed by atoms with E-state index in [-0.39, 0.29) is 12.3 Å². The molecular weight excluding hydrogens is 190 g/mol. The van der Waals surface area contributed by atoms with Gasteiger partial charge in [0.15, 0.2) is 0 Å². The number of rotatable bonds is 1. The number of aliphatic hydroxyl groups is 1. The van der Waals surface area contributed by atoms with E-state index in [4.69, 9.17) is 4.74 Å². The number of aliphatic hydroxyl groups excluding tert-OH is 1. The van der Waals surface area contributed by atoms with Crippen LogP contribution in [0.3, 0.4) is 0 Å². The van der Waals surface area contributed by atoms with Gasteiger partial charge in [0.05, 0.1) is 12.6 Å². The predicted molar refractivity (Wildman–Crippen MR) is 55.9 cm³/mol. The van der Waals surface area contributed by atoms with Crippen LogP contribution in [-0.4, -0.2) is 28.9 Å². The molecule has 1 aromatic rings. The van der Waals surface area contributed by atoms with E-state index in [9.17, 15) is 5.11 Å². The zero-order chi connectivity index (χ0) is 10.3. The Balaban J connectivity index is 1.90. The van der Waals surface area contributed by atoms with Crippen molar-refractivity contribution in [1.29, 1.82) is 0 Å². The Morgan fingerprint density at radius 2 is 2.00 bits per heavy atom. The molecule has 0 amide bonds. The molecule has 0 radical (unpaired) electrons. The van der Waals surface area contributed by atoms with E-state index < -0.39 is 6.23 Å². The van der Waals surface area contributed by atoms with Crippen molar-refractivity contribution in [2.24, 2.45) is 0 Å². The van der Waals surface area contributed by atoms with Gasteiger partial charge in [-0.2, -0.15) is 0 Å². The molecule has 2 aliphatic heterocycles. The van der Waals surface area contributed by atoms with Crippen molar-refractivity contribution in [3.05, 3.63) is 48.0 Å². The lowest BCUT2D eigenvalue weighted by Gasteiger charge is -2.25. The molecule has 3 atom stereocenters. The van der Waals surface area contributed by atoms with E-state index in [1.165, 1.54) is 0 Å². The van der Waals surface area contributed by atoms with Gasteiger partial charge in [0.2, 0.25) is 0 Å². The van der Waals surface area contributed by atoms with Crippen LogP contribution >= 0.6 is 0 Å². The fourth-order valence-corrected chi connectivity index (χ4v) is 2.24. The molecule has 3 rings (SSSR count). The van der Waals surface area contributed by atoms with Crippen LogP contribution in [0.25, 0.3) is 0 Å². The molecule has 3 heteroatoms. The monoisotopic (exact) mass is 203 g/mol. The molecule has 2 aliphatic rings. The van der Waals surface area contributed by atoms with Crippen molar-refractivity contribution in [3.8, 4) is 0 Å². The predicted octanol–water partition coefficient (Wildman–Crippen LogP) is 1.27. The summed E-state index contributed by atoms with van der Waals surface area (Å²) in [7, 11) is 0. The number of hydrogen-bond donors (Lipinski definition) is 1. The van der Waals surface area contributed by atoms with E-state index >= 15 is 0 Å². The number of nitrogens with zero attached hydrogens (tertiary/aromatic N) is 1. The minimum Gasteiger partial charge on any atom is -0.375 e. The summed E-state index contributed by atoms with van der Waals surface area (Å²) in [5.74, 6) is 0. The maximum absolute atomic E-state index is 9.79. The highest BCUT2D eigenvalue weighted by Gasteiger charge is 2.40. The van der Waals surface area contributed by atoms with Gasteiger partial charge in [-0.15, -0.1) is 0 Å². The van der Waals surface area contributed by atoms with Crippen molar-refractivity contribution in [1.82, 2.24) is 4.90 Å². The maximum atomic E-state index is 9.79. The first kappa shape index (κ1) is 9.09. The first-order valence-electron chi connectivity index (χ1n) is 5.16.